The van der Waals surface area contributed by atoms with Crippen LogP contribution in [0.4, 0.5) is 0 Å². The monoisotopic (exact) mass is 502 g/mol. The number of nitrogens with one attached hydrogen (secondary N) is 3. The maximum Gasteiger partial charge on any atom is 0.339 e. The van der Waals surface area contributed by atoms with Crippen molar-refractivity contribution in [3.63, 3.8) is 0 Å². The van der Waals surface area contributed by atoms with Gasteiger partial charge in [-0.25, -0.2) is 4.79 Å². The Bertz CT molecular complexity index is 1050. The highest BCUT2D eigenvalue weighted by molar-refractivity contribution is 6.01. The normalized spacial score (nSPS) is 25.9. The summed E-state index contributed by atoms with van der Waals surface area (Å²) in [6, 6.07) is -0.349. The van der Waals surface area contributed by atoms with Crippen LogP contribution in [0, 0.1) is 24.7 Å². The van der Waals surface area contributed by atoms with Crippen molar-refractivity contribution < 1.29 is 33.8 Å². The molecule has 0 aromatic carbocycles. The molecule has 4 rings (SSSR count). The smallest absolute Gasteiger partial charge is 0.339 e. The largest absolute Gasteiger partial charge is 0.462 e. The number of ketones is 1. The van der Waals surface area contributed by atoms with Gasteiger partial charge >= 0.3 is 5.97 Å². The Morgan fingerprint density at radius 3 is 2.69 bits per heavy atom. The Morgan fingerprint density at radius 1 is 1.25 bits per heavy atom. The second-order valence-corrected chi connectivity index (χ2v) is 9.90. The zero-order valence-electron chi connectivity index (χ0n) is 20.7. The molecule has 1 aliphatic carbocycles. The molecule has 3 amide bonds. The van der Waals surface area contributed by atoms with E-state index < -0.39 is 48.2 Å². The van der Waals surface area contributed by atoms with Gasteiger partial charge in [-0.2, -0.15) is 0 Å². The van der Waals surface area contributed by atoms with Crippen molar-refractivity contribution in [2.75, 3.05) is 26.3 Å². The fraction of sp³-hybridized carbons (Fsp3) is 0.640. The number of carbonyl (C=O) groups excluding carboxylic acids is 5. The predicted octanol–water partition coefficient (Wildman–Crippen LogP) is 0.313. The molecule has 3 fully saturated rings. The first-order chi connectivity index (χ1) is 17.2. The molecule has 0 spiro atoms. The number of carbonyl (C=O) groups is 5. The topological polar surface area (TPSA) is 158 Å². The summed E-state index contributed by atoms with van der Waals surface area (Å²) in [5.41, 5.74) is 0.962. The Morgan fingerprint density at radius 2 is 2.03 bits per heavy atom. The van der Waals surface area contributed by atoms with Gasteiger partial charge in [0.05, 0.1) is 18.2 Å². The molecule has 1 aromatic rings. The number of Topliss-reactive ketones (excluding diaryl/α,β-unsaturated/α-hetero) is 1. The first-order valence-corrected chi connectivity index (χ1v) is 12.6. The van der Waals surface area contributed by atoms with Crippen LogP contribution in [0.1, 0.15) is 65.6 Å². The number of ether oxygens (including phenoxy) is 1. The molecule has 2 saturated heterocycles. The molecule has 4 N–H and O–H groups in total. The van der Waals surface area contributed by atoms with Crippen LogP contribution in [-0.2, 0) is 19.1 Å². The van der Waals surface area contributed by atoms with Gasteiger partial charge in [0.2, 0.25) is 11.8 Å². The molecule has 11 nitrogen and oxygen atoms in total. The van der Waals surface area contributed by atoms with E-state index in [9.17, 15) is 29.1 Å². The number of esters is 1. The molecular formula is C25H34N4O7. The van der Waals surface area contributed by atoms with Gasteiger partial charge in [-0.3, -0.25) is 19.2 Å². The number of aromatic nitrogens is 1. The lowest BCUT2D eigenvalue weighted by Crippen LogP contribution is -2.53. The number of aliphatic hydroxyl groups excluding tert-OH is 1. The molecule has 196 valence electrons. The maximum atomic E-state index is 13.6. The summed E-state index contributed by atoms with van der Waals surface area (Å²) >= 11 is 0. The van der Waals surface area contributed by atoms with E-state index in [1.54, 1.807) is 13.8 Å². The molecular weight excluding hydrogens is 468 g/mol. The van der Waals surface area contributed by atoms with E-state index in [2.05, 4.69) is 15.6 Å². The van der Waals surface area contributed by atoms with Gasteiger partial charge < -0.3 is 30.4 Å². The minimum atomic E-state index is -1.02. The van der Waals surface area contributed by atoms with Crippen LogP contribution >= 0.6 is 0 Å². The second kappa shape index (κ2) is 10.8. The lowest BCUT2D eigenvalue weighted by molar-refractivity contribution is -0.133. The van der Waals surface area contributed by atoms with E-state index in [0.717, 1.165) is 19.3 Å². The van der Waals surface area contributed by atoms with E-state index in [0.29, 0.717) is 25.2 Å². The number of aromatic amines is 1. The number of amides is 3. The average molecular weight is 503 g/mol. The number of H-pyrrole nitrogens is 1. The van der Waals surface area contributed by atoms with Crippen molar-refractivity contribution in [2.45, 2.75) is 58.0 Å². The number of rotatable bonds is 9. The summed E-state index contributed by atoms with van der Waals surface area (Å²) in [4.78, 5) is 68.3. The second-order valence-electron chi connectivity index (χ2n) is 9.90. The van der Waals surface area contributed by atoms with Crippen LogP contribution in [-0.4, -0.2) is 82.9 Å². The SMILES string of the molecule is CCOC(=O)c1cc(C(=O)N2C[C@@H]3CCC[C@@H]3[C@H]2C(=O)NC(C[C@@H]2CCNC2=O)C(=O)CO)[nH]c1C. The van der Waals surface area contributed by atoms with Gasteiger partial charge in [0, 0.05) is 24.7 Å². The molecule has 0 radical (unpaired) electrons. The molecule has 11 heteroatoms. The molecule has 3 aliphatic rings. The standard InChI is InChI=1S/C25H34N4O7/c1-3-36-25(35)17-10-19(27-13(17)2)24(34)29-11-15-5-4-6-16(15)21(29)23(33)28-18(20(31)12-30)9-14-7-8-26-22(14)32/h10,14-16,18,21,27,30H,3-9,11-12H2,1-2H3,(H,26,32)(H,28,33)/t14-,15-,16-,18?,21-/m0/s1. The third-order valence-corrected chi connectivity index (χ3v) is 7.70. The molecule has 1 aromatic heterocycles. The molecule has 1 saturated carbocycles. The van der Waals surface area contributed by atoms with Crippen LogP contribution < -0.4 is 10.6 Å². The Labute approximate surface area is 209 Å². The van der Waals surface area contributed by atoms with Crippen molar-refractivity contribution in [1.29, 1.82) is 0 Å². The minimum absolute atomic E-state index is 0.0470. The number of likely N-dealkylation sites (tertiary alicyclic amines) is 1. The van der Waals surface area contributed by atoms with Crippen LogP contribution in [0.25, 0.3) is 0 Å². The van der Waals surface area contributed by atoms with Gasteiger partial charge in [0.25, 0.3) is 5.91 Å². The van der Waals surface area contributed by atoms with Crippen LogP contribution in [0.15, 0.2) is 6.07 Å². The Hall–Kier alpha value is -3.21. The van der Waals surface area contributed by atoms with E-state index in [1.807, 2.05) is 0 Å². The van der Waals surface area contributed by atoms with E-state index >= 15 is 0 Å². The number of aryl methyl sites for hydroxylation is 1. The van der Waals surface area contributed by atoms with Gasteiger partial charge in [0.15, 0.2) is 5.78 Å². The molecule has 1 unspecified atom stereocenters. The highest BCUT2D eigenvalue weighted by Crippen LogP contribution is 2.43. The fourth-order valence-corrected chi connectivity index (χ4v) is 5.89. The van der Waals surface area contributed by atoms with Gasteiger partial charge in [-0.1, -0.05) is 6.42 Å². The summed E-state index contributed by atoms with van der Waals surface area (Å²) in [5.74, 6) is -2.44. The number of fused-ring (bicyclic) bond motifs is 1. The zero-order chi connectivity index (χ0) is 26.0. The molecule has 5 atom stereocenters. The highest BCUT2D eigenvalue weighted by Gasteiger charge is 2.50. The number of nitrogens with zero attached hydrogens (tertiary/aromatic N) is 1. The van der Waals surface area contributed by atoms with Crippen molar-refractivity contribution in [2.24, 2.45) is 17.8 Å². The summed E-state index contributed by atoms with van der Waals surface area (Å²) < 4.78 is 5.06. The molecule has 3 heterocycles. The van der Waals surface area contributed by atoms with Gasteiger partial charge in [-0.05, 0) is 57.4 Å². The van der Waals surface area contributed by atoms with Crippen LogP contribution in [0.2, 0.25) is 0 Å². The fourth-order valence-electron chi connectivity index (χ4n) is 5.89. The quantitative estimate of drug-likeness (QED) is 0.354. The average Bonchev–Trinajstić information content (AvgIpc) is 3.62. The molecule has 2 aliphatic heterocycles. The molecule has 0 bridgehead atoms. The van der Waals surface area contributed by atoms with Crippen molar-refractivity contribution in [3.05, 3.63) is 23.0 Å². The summed E-state index contributed by atoms with van der Waals surface area (Å²) in [6.45, 7) is 3.74. The first kappa shape index (κ1) is 25.9. The summed E-state index contributed by atoms with van der Waals surface area (Å²) in [7, 11) is 0. The summed E-state index contributed by atoms with van der Waals surface area (Å²) in [6.07, 6.45) is 3.30. The number of aliphatic hydroxyl groups is 1. The highest BCUT2D eigenvalue weighted by atomic mass is 16.5. The van der Waals surface area contributed by atoms with Crippen molar-refractivity contribution in [1.82, 2.24) is 20.5 Å². The van der Waals surface area contributed by atoms with E-state index in [1.165, 1.54) is 11.0 Å². The summed E-state index contributed by atoms with van der Waals surface area (Å²) in [5, 5.41) is 14.9. The zero-order valence-corrected chi connectivity index (χ0v) is 20.7. The van der Waals surface area contributed by atoms with Crippen LogP contribution in [0.3, 0.4) is 0 Å². The van der Waals surface area contributed by atoms with Crippen molar-refractivity contribution in [3.8, 4) is 0 Å². The third-order valence-electron chi connectivity index (χ3n) is 7.70. The third kappa shape index (κ3) is 5.02. The Balaban J connectivity index is 1.55. The van der Waals surface area contributed by atoms with Gasteiger partial charge in [0.1, 0.15) is 18.3 Å². The first-order valence-electron chi connectivity index (χ1n) is 12.6. The van der Waals surface area contributed by atoms with E-state index in [-0.39, 0.29) is 42.0 Å². The Kier molecular flexibility index (Phi) is 7.77. The number of hydrogen-bond acceptors (Lipinski definition) is 7. The lowest BCUT2D eigenvalue weighted by Gasteiger charge is -2.29. The lowest BCUT2D eigenvalue weighted by atomic mass is 9.92. The van der Waals surface area contributed by atoms with E-state index in [4.69, 9.17) is 4.74 Å². The predicted molar refractivity (Wildman–Crippen MR) is 127 cm³/mol. The minimum Gasteiger partial charge on any atom is -0.462 e. The number of hydrogen-bond donors (Lipinski definition) is 4. The molecule has 36 heavy (non-hydrogen) atoms. The maximum absolute atomic E-state index is 13.6. The van der Waals surface area contributed by atoms with Gasteiger partial charge in [-0.15, -0.1) is 0 Å². The van der Waals surface area contributed by atoms with Crippen molar-refractivity contribution >= 4 is 29.5 Å². The van der Waals surface area contributed by atoms with Crippen LogP contribution in [0.5, 0.6) is 0 Å².